The Bertz CT molecular complexity index is 253. The Morgan fingerprint density at radius 1 is 1.40 bits per heavy atom. The normalized spacial score (nSPS) is 18.5. The van der Waals surface area contributed by atoms with Gasteiger partial charge in [-0.3, -0.25) is 0 Å². The number of nitrogens with one attached hydrogen (secondary N) is 2. The maximum Gasteiger partial charge on any atom is 0.214 e. The molecule has 0 spiro atoms. The lowest BCUT2D eigenvalue weighted by Crippen LogP contribution is -2.43. The minimum Gasteiger partial charge on any atom is -0.384 e. The topological polar surface area (TPSA) is 67.4 Å². The number of methoxy groups -OCH3 is 1. The molecule has 0 aromatic heterocycles. The highest BCUT2D eigenvalue weighted by Gasteiger charge is 2.19. The van der Waals surface area contributed by atoms with Crippen molar-refractivity contribution in [3.63, 3.8) is 0 Å². The van der Waals surface area contributed by atoms with E-state index in [1.807, 2.05) is 0 Å². The van der Waals surface area contributed by atoms with Crippen LogP contribution in [0.15, 0.2) is 0 Å². The first-order valence-corrected chi connectivity index (χ1v) is 6.49. The SMILES string of the molecule is COCCS(=O)(=O)NC1CCNCC1.Cl. The van der Waals surface area contributed by atoms with Crippen LogP contribution in [0.5, 0.6) is 0 Å². The molecule has 0 unspecified atom stereocenters. The Hall–Kier alpha value is 0.120. The summed E-state index contributed by atoms with van der Waals surface area (Å²) in [6.45, 7) is 2.02. The zero-order valence-electron chi connectivity index (χ0n) is 8.86. The molecule has 92 valence electrons. The van der Waals surface area contributed by atoms with Gasteiger partial charge in [0.1, 0.15) is 0 Å². The molecule has 0 atom stereocenters. The third-order valence-electron chi connectivity index (χ3n) is 2.24. The van der Waals surface area contributed by atoms with Crippen molar-refractivity contribution in [1.29, 1.82) is 0 Å². The number of piperidine rings is 1. The molecule has 7 heteroatoms. The van der Waals surface area contributed by atoms with Crippen LogP contribution in [0.3, 0.4) is 0 Å². The molecule has 0 saturated carbocycles. The second-order valence-electron chi connectivity index (χ2n) is 3.45. The van der Waals surface area contributed by atoms with Crippen LogP contribution in [-0.4, -0.2) is 47.0 Å². The molecule has 0 bridgehead atoms. The van der Waals surface area contributed by atoms with Crippen LogP contribution >= 0.6 is 12.4 Å². The molecular formula is C8H19ClN2O3S. The van der Waals surface area contributed by atoms with Crippen molar-refractivity contribution in [1.82, 2.24) is 10.0 Å². The van der Waals surface area contributed by atoms with E-state index in [0.717, 1.165) is 25.9 Å². The molecule has 1 aliphatic rings. The molecule has 1 heterocycles. The molecular weight excluding hydrogens is 240 g/mol. The van der Waals surface area contributed by atoms with Crippen molar-refractivity contribution in [2.45, 2.75) is 18.9 Å². The summed E-state index contributed by atoms with van der Waals surface area (Å²) >= 11 is 0. The first-order chi connectivity index (χ1) is 6.64. The fourth-order valence-corrected chi connectivity index (χ4v) is 2.69. The van der Waals surface area contributed by atoms with Crippen molar-refractivity contribution in [2.75, 3.05) is 32.6 Å². The summed E-state index contributed by atoms with van der Waals surface area (Å²) in [5.74, 6) is 0.0490. The standard InChI is InChI=1S/C8H18N2O3S.ClH/c1-13-6-7-14(11,12)10-8-2-4-9-5-3-8;/h8-10H,2-7H2,1H3;1H. The number of ether oxygens (including phenoxy) is 1. The molecule has 1 aliphatic heterocycles. The van der Waals surface area contributed by atoms with Gasteiger partial charge >= 0.3 is 0 Å². The predicted molar refractivity (Wildman–Crippen MR) is 61.9 cm³/mol. The summed E-state index contributed by atoms with van der Waals surface area (Å²) in [5.41, 5.74) is 0. The third-order valence-corrected chi connectivity index (χ3v) is 3.64. The van der Waals surface area contributed by atoms with Crippen LogP contribution in [0, 0.1) is 0 Å². The van der Waals surface area contributed by atoms with Crippen LogP contribution < -0.4 is 10.0 Å². The summed E-state index contributed by atoms with van der Waals surface area (Å²) in [5, 5.41) is 3.18. The average Bonchev–Trinajstić information content (AvgIpc) is 2.16. The highest BCUT2D eigenvalue weighted by molar-refractivity contribution is 7.89. The van der Waals surface area contributed by atoms with E-state index < -0.39 is 10.0 Å². The Morgan fingerprint density at radius 3 is 2.53 bits per heavy atom. The number of sulfonamides is 1. The van der Waals surface area contributed by atoms with E-state index >= 15 is 0 Å². The van der Waals surface area contributed by atoms with E-state index in [1.165, 1.54) is 7.11 Å². The molecule has 1 rings (SSSR count). The van der Waals surface area contributed by atoms with Gasteiger partial charge in [0.2, 0.25) is 10.0 Å². The minimum atomic E-state index is -3.15. The lowest BCUT2D eigenvalue weighted by molar-refractivity contribution is 0.216. The number of hydrogen-bond acceptors (Lipinski definition) is 4. The van der Waals surface area contributed by atoms with Crippen LogP contribution in [0.25, 0.3) is 0 Å². The average molecular weight is 259 g/mol. The summed E-state index contributed by atoms with van der Waals surface area (Å²) in [6.07, 6.45) is 1.73. The third kappa shape index (κ3) is 6.32. The van der Waals surface area contributed by atoms with Crippen molar-refractivity contribution in [2.24, 2.45) is 0 Å². The van der Waals surface area contributed by atoms with Crippen LogP contribution in [0.2, 0.25) is 0 Å². The maximum atomic E-state index is 11.4. The highest BCUT2D eigenvalue weighted by atomic mass is 35.5. The lowest BCUT2D eigenvalue weighted by Gasteiger charge is -2.23. The van der Waals surface area contributed by atoms with E-state index in [4.69, 9.17) is 4.74 Å². The molecule has 2 N–H and O–H groups in total. The van der Waals surface area contributed by atoms with Gasteiger partial charge in [0, 0.05) is 13.2 Å². The van der Waals surface area contributed by atoms with Gasteiger partial charge in [-0.05, 0) is 25.9 Å². The van der Waals surface area contributed by atoms with Gasteiger partial charge in [0.25, 0.3) is 0 Å². The molecule has 0 amide bonds. The van der Waals surface area contributed by atoms with Gasteiger partial charge in [-0.2, -0.15) is 0 Å². The summed E-state index contributed by atoms with van der Waals surface area (Å²) in [4.78, 5) is 0. The number of hydrogen-bond donors (Lipinski definition) is 2. The Kier molecular flexibility index (Phi) is 7.46. The zero-order valence-corrected chi connectivity index (χ0v) is 10.5. The van der Waals surface area contributed by atoms with E-state index in [2.05, 4.69) is 10.0 Å². The van der Waals surface area contributed by atoms with E-state index in [1.54, 1.807) is 0 Å². The van der Waals surface area contributed by atoms with Crippen LogP contribution in [0.4, 0.5) is 0 Å². The van der Waals surface area contributed by atoms with Gasteiger partial charge in [-0.25, -0.2) is 13.1 Å². The maximum absolute atomic E-state index is 11.4. The minimum absolute atomic E-state index is 0. The van der Waals surface area contributed by atoms with Crippen molar-refractivity contribution in [3.8, 4) is 0 Å². The fraction of sp³-hybridized carbons (Fsp3) is 1.00. The van der Waals surface area contributed by atoms with E-state index in [-0.39, 0.29) is 30.8 Å². The molecule has 5 nitrogen and oxygen atoms in total. The smallest absolute Gasteiger partial charge is 0.214 e. The summed E-state index contributed by atoms with van der Waals surface area (Å²) in [6, 6.07) is 0.0955. The van der Waals surface area contributed by atoms with Crippen molar-refractivity contribution in [3.05, 3.63) is 0 Å². The molecule has 0 aromatic carbocycles. The van der Waals surface area contributed by atoms with E-state index in [9.17, 15) is 8.42 Å². The van der Waals surface area contributed by atoms with Crippen molar-refractivity contribution < 1.29 is 13.2 Å². The van der Waals surface area contributed by atoms with Gasteiger partial charge in [0.05, 0.1) is 12.4 Å². The lowest BCUT2D eigenvalue weighted by atomic mass is 10.1. The Morgan fingerprint density at radius 2 is 2.00 bits per heavy atom. The number of rotatable bonds is 5. The molecule has 1 fully saturated rings. The molecule has 0 aliphatic carbocycles. The first kappa shape index (κ1) is 15.1. The van der Waals surface area contributed by atoms with Crippen LogP contribution in [0.1, 0.15) is 12.8 Å². The van der Waals surface area contributed by atoms with Crippen LogP contribution in [-0.2, 0) is 14.8 Å². The molecule has 15 heavy (non-hydrogen) atoms. The molecule has 0 radical (unpaired) electrons. The number of halogens is 1. The predicted octanol–water partition coefficient (Wildman–Crippen LogP) is -0.274. The highest BCUT2D eigenvalue weighted by Crippen LogP contribution is 2.03. The second kappa shape index (κ2) is 7.40. The summed E-state index contributed by atoms with van der Waals surface area (Å²) in [7, 11) is -1.65. The Balaban J connectivity index is 0.00000196. The quantitative estimate of drug-likeness (QED) is 0.712. The first-order valence-electron chi connectivity index (χ1n) is 4.84. The second-order valence-corrected chi connectivity index (χ2v) is 5.33. The van der Waals surface area contributed by atoms with Gasteiger partial charge in [-0.1, -0.05) is 0 Å². The van der Waals surface area contributed by atoms with E-state index in [0.29, 0.717) is 0 Å². The van der Waals surface area contributed by atoms with Gasteiger partial charge < -0.3 is 10.1 Å². The monoisotopic (exact) mass is 258 g/mol. The molecule has 1 saturated heterocycles. The van der Waals surface area contributed by atoms with Gasteiger partial charge in [-0.15, -0.1) is 12.4 Å². The Labute approximate surface area is 97.4 Å². The molecule has 0 aromatic rings. The van der Waals surface area contributed by atoms with Crippen molar-refractivity contribution >= 4 is 22.4 Å². The van der Waals surface area contributed by atoms with Gasteiger partial charge in [0.15, 0.2) is 0 Å². The largest absolute Gasteiger partial charge is 0.384 e. The fourth-order valence-electron chi connectivity index (χ4n) is 1.45. The zero-order chi connectivity index (χ0) is 10.4. The summed E-state index contributed by atoms with van der Waals surface area (Å²) < 4.78 is 30.3.